The highest BCUT2D eigenvalue weighted by atomic mass is 35.7. The Morgan fingerprint density at radius 1 is 1.19 bits per heavy atom. The van der Waals surface area contributed by atoms with Gasteiger partial charge in [-0.2, -0.15) is 0 Å². The maximum absolute atomic E-state index is 11.8. The summed E-state index contributed by atoms with van der Waals surface area (Å²) in [7, 11) is 1.71. The number of carbonyl (C=O) groups is 1. The molecule has 21 heavy (non-hydrogen) atoms. The minimum absolute atomic E-state index is 0.0375. The lowest BCUT2D eigenvalue weighted by Crippen LogP contribution is -2.34. The summed E-state index contributed by atoms with van der Waals surface area (Å²) in [5.41, 5.74) is 0. The molecule has 5 nitrogen and oxygen atoms in total. The van der Waals surface area contributed by atoms with Gasteiger partial charge in [-0.1, -0.05) is 6.92 Å². The zero-order valence-corrected chi connectivity index (χ0v) is 14.2. The van der Waals surface area contributed by atoms with Gasteiger partial charge in [0.25, 0.3) is 0 Å². The van der Waals surface area contributed by atoms with Crippen molar-refractivity contribution < 1.29 is 13.2 Å². The summed E-state index contributed by atoms with van der Waals surface area (Å²) in [6, 6.07) is 0. The second-order valence-corrected chi connectivity index (χ2v) is 9.28. The van der Waals surface area contributed by atoms with Crippen LogP contribution in [0.4, 0.5) is 0 Å². The molecule has 0 radical (unpaired) electrons. The predicted molar refractivity (Wildman–Crippen MR) is 83.8 cm³/mol. The Hall–Kier alpha value is -0.330. The van der Waals surface area contributed by atoms with Crippen molar-refractivity contribution in [3.63, 3.8) is 0 Å². The van der Waals surface area contributed by atoms with Gasteiger partial charge in [-0.25, -0.2) is 8.42 Å². The summed E-state index contributed by atoms with van der Waals surface area (Å²) in [5, 5.41) is -0.727. The highest BCUT2D eigenvalue weighted by Crippen LogP contribution is 2.21. The van der Waals surface area contributed by atoms with Crippen LogP contribution in [0.5, 0.6) is 0 Å². The fraction of sp³-hybridized carbons (Fsp3) is 0.929. The van der Waals surface area contributed by atoms with E-state index in [-0.39, 0.29) is 18.9 Å². The SMILES string of the molecule is CC1CCN(CCCCN2CC(S(=O)(=O)Cl)CC2=O)CC1. The van der Waals surface area contributed by atoms with E-state index in [1.54, 1.807) is 4.90 Å². The van der Waals surface area contributed by atoms with Gasteiger partial charge in [-0.3, -0.25) is 4.79 Å². The van der Waals surface area contributed by atoms with Crippen LogP contribution in [-0.2, 0) is 13.8 Å². The van der Waals surface area contributed by atoms with E-state index in [0.717, 1.165) is 25.3 Å². The first-order valence-electron chi connectivity index (χ1n) is 7.80. The lowest BCUT2D eigenvalue weighted by atomic mass is 9.99. The summed E-state index contributed by atoms with van der Waals surface area (Å²) in [6.45, 7) is 6.63. The van der Waals surface area contributed by atoms with Gasteiger partial charge in [0.15, 0.2) is 0 Å². The molecule has 122 valence electrons. The molecule has 0 saturated carbocycles. The number of unbranched alkanes of at least 4 members (excludes halogenated alkanes) is 1. The maximum atomic E-state index is 11.8. The quantitative estimate of drug-likeness (QED) is 0.547. The van der Waals surface area contributed by atoms with Crippen LogP contribution in [0, 0.1) is 5.92 Å². The molecule has 2 aliphatic rings. The molecule has 0 aliphatic carbocycles. The van der Waals surface area contributed by atoms with Crippen LogP contribution >= 0.6 is 10.7 Å². The van der Waals surface area contributed by atoms with Crippen molar-refractivity contribution in [2.45, 2.75) is 44.3 Å². The maximum Gasteiger partial charge on any atom is 0.237 e. The van der Waals surface area contributed by atoms with Gasteiger partial charge < -0.3 is 9.80 Å². The van der Waals surface area contributed by atoms with Gasteiger partial charge in [0, 0.05) is 30.2 Å². The molecule has 0 aromatic heterocycles. The van der Waals surface area contributed by atoms with Crippen LogP contribution in [0.3, 0.4) is 0 Å². The van der Waals surface area contributed by atoms with Crippen molar-refractivity contribution in [3.8, 4) is 0 Å². The second kappa shape index (κ2) is 7.29. The van der Waals surface area contributed by atoms with Gasteiger partial charge in [0.1, 0.15) is 5.25 Å². The van der Waals surface area contributed by atoms with Crippen LogP contribution < -0.4 is 0 Å². The summed E-state index contributed by atoms with van der Waals surface area (Å²) >= 11 is 0. The Morgan fingerprint density at radius 3 is 2.38 bits per heavy atom. The van der Waals surface area contributed by atoms with Gasteiger partial charge in [0.05, 0.1) is 0 Å². The van der Waals surface area contributed by atoms with Gasteiger partial charge in [-0.15, -0.1) is 0 Å². The first kappa shape index (κ1) is 17.0. The number of hydrogen-bond acceptors (Lipinski definition) is 4. The van der Waals surface area contributed by atoms with Crippen molar-refractivity contribution in [3.05, 3.63) is 0 Å². The average molecular weight is 337 g/mol. The minimum atomic E-state index is -3.62. The zero-order valence-electron chi connectivity index (χ0n) is 12.6. The zero-order chi connectivity index (χ0) is 15.5. The Labute approximate surface area is 132 Å². The van der Waals surface area contributed by atoms with Crippen molar-refractivity contribution in [1.29, 1.82) is 0 Å². The van der Waals surface area contributed by atoms with Crippen LogP contribution in [-0.4, -0.2) is 62.1 Å². The standard InChI is InChI=1S/C14H25ClN2O3S/c1-12-4-8-16(9-5-12)6-2-3-7-17-11-13(10-14(17)18)21(15,19)20/h12-13H,2-11H2,1H3. The molecule has 0 bridgehead atoms. The molecule has 2 rings (SSSR count). The lowest BCUT2D eigenvalue weighted by Gasteiger charge is -2.30. The van der Waals surface area contributed by atoms with E-state index in [9.17, 15) is 13.2 Å². The van der Waals surface area contributed by atoms with Crippen LogP contribution in [0.15, 0.2) is 0 Å². The third-order valence-corrected chi connectivity index (χ3v) is 6.47. The molecule has 2 aliphatic heterocycles. The Morgan fingerprint density at radius 2 is 1.81 bits per heavy atom. The number of rotatable bonds is 6. The lowest BCUT2D eigenvalue weighted by molar-refractivity contribution is -0.127. The molecule has 0 spiro atoms. The number of carbonyl (C=O) groups excluding carboxylic acids is 1. The van der Waals surface area contributed by atoms with Crippen LogP contribution in [0.1, 0.15) is 39.0 Å². The van der Waals surface area contributed by atoms with Gasteiger partial charge in [0.2, 0.25) is 15.0 Å². The van der Waals surface area contributed by atoms with Crippen molar-refractivity contribution in [1.82, 2.24) is 9.80 Å². The third kappa shape index (κ3) is 5.11. The number of halogens is 1. The molecule has 2 saturated heterocycles. The first-order chi connectivity index (χ1) is 9.86. The molecule has 7 heteroatoms. The van der Waals surface area contributed by atoms with E-state index in [4.69, 9.17) is 10.7 Å². The predicted octanol–water partition coefficient (Wildman–Crippen LogP) is 1.67. The summed E-state index contributed by atoms with van der Waals surface area (Å²) < 4.78 is 22.5. The van der Waals surface area contributed by atoms with Crippen molar-refractivity contribution in [2.24, 2.45) is 5.92 Å². The highest BCUT2D eigenvalue weighted by Gasteiger charge is 2.36. The Bertz CT molecular complexity index is 461. The van der Waals surface area contributed by atoms with Crippen molar-refractivity contribution >= 4 is 25.6 Å². The number of piperidine rings is 1. The average Bonchev–Trinajstić information content (AvgIpc) is 2.78. The van der Waals surface area contributed by atoms with E-state index in [1.807, 2.05) is 0 Å². The van der Waals surface area contributed by atoms with Crippen LogP contribution in [0.25, 0.3) is 0 Å². The van der Waals surface area contributed by atoms with Crippen molar-refractivity contribution in [2.75, 3.05) is 32.7 Å². The fourth-order valence-corrected chi connectivity index (χ4v) is 4.12. The highest BCUT2D eigenvalue weighted by molar-refractivity contribution is 8.14. The van der Waals surface area contributed by atoms with E-state index < -0.39 is 14.3 Å². The molecule has 0 aromatic rings. The summed E-state index contributed by atoms with van der Waals surface area (Å²) in [5.74, 6) is 0.758. The molecular formula is C14H25ClN2O3S. The van der Waals surface area contributed by atoms with Gasteiger partial charge >= 0.3 is 0 Å². The topological polar surface area (TPSA) is 57.7 Å². The molecule has 2 fully saturated rings. The number of likely N-dealkylation sites (tertiary alicyclic amines) is 2. The van der Waals surface area contributed by atoms with Gasteiger partial charge in [-0.05, 0) is 51.2 Å². The minimum Gasteiger partial charge on any atom is -0.341 e. The van der Waals surface area contributed by atoms with E-state index >= 15 is 0 Å². The molecule has 2 heterocycles. The monoisotopic (exact) mass is 336 g/mol. The Balaban J connectivity index is 1.64. The van der Waals surface area contributed by atoms with E-state index in [2.05, 4.69) is 11.8 Å². The second-order valence-electron chi connectivity index (χ2n) is 6.37. The summed E-state index contributed by atoms with van der Waals surface area (Å²) in [6.07, 6.45) is 4.57. The fourth-order valence-electron chi connectivity index (χ4n) is 3.06. The smallest absolute Gasteiger partial charge is 0.237 e. The molecule has 1 amide bonds. The molecule has 0 aromatic carbocycles. The van der Waals surface area contributed by atoms with Crippen LogP contribution in [0.2, 0.25) is 0 Å². The number of amides is 1. The molecular weight excluding hydrogens is 312 g/mol. The van der Waals surface area contributed by atoms with E-state index in [0.29, 0.717) is 6.54 Å². The Kier molecular flexibility index (Phi) is 5.91. The van der Waals surface area contributed by atoms with E-state index in [1.165, 1.54) is 25.9 Å². The largest absolute Gasteiger partial charge is 0.341 e. The summed E-state index contributed by atoms with van der Waals surface area (Å²) in [4.78, 5) is 15.9. The first-order valence-corrected chi connectivity index (χ1v) is 10.2. The molecule has 0 N–H and O–H groups in total. The third-order valence-electron chi connectivity index (χ3n) is 4.61. The molecule has 1 unspecified atom stereocenters. The number of nitrogens with zero attached hydrogens (tertiary/aromatic N) is 2. The molecule has 1 atom stereocenters. The number of hydrogen-bond donors (Lipinski definition) is 0. The normalized spacial score (nSPS) is 25.7.